The summed E-state index contributed by atoms with van der Waals surface area (Å²) in [6, 6.07) is 15.4. The molecule has 0 aliphatic rings. The van der Waals surface area contributed by atoms with Gasteiger partial charge in [0.05, 0.1) is 0 Å². The van der Waals surface area contributed by atoms with Gasteiger partial charge in [0.2, 0.25) is 0 Å². The van der Waals surface area contributed by atoms with Gasteiger partial charge in [-0.1, -0.05) is 0 Å². The van der Waals surface area contributed by atoms with Gasteiger partial charge in [-0.3, -0.25) is 0 Å². The van der Waals surface area contributed by atoms with E-state index in [9.17, 15) is 0 Å². The molecule has 0 saturated carbocycles. The molecule has 3 aromatic rings. The summed E-state index contributed by atoms with van der Waals surface area (Å²) in [6.07, 6.45) is 0. The van der Waals surface area contributed by atoms with Gasteiger partial charge >= 0.3 is 114 Å². The van der Waals surface area contributed by atoms with E-state index in [-0.39, 0.29) is 0 Å². The number of hydrogen-bond acceptors (Lipinski definition) is 4. The van der Waals surface area contributed by atoms with Crippen molar-refractivity contribution in [3.8, 4) is 11.5 Å². The first kappa shape index (κ1) is 11.2. The van der Waals surface area contributed by atoms with Crippen molar-refractivity contribution in [1.29, 1.82) is 0 Å². The van der Waals surface area contributed by atoms with Gasteiger partial charge in [0.1, 0.15) is 0 Å². The molecule has 0 aliphatic carbocycles. The number of benzene rings is 2. The van der Waals surface area contributed by atoms with Crippen LogP contribution in [-0.2, 0) is 18.5 Å². The molecule has 0 saturated heterocycles. The topological polar surface area (TPSA) is 50.8 Å². The third-order valence-electron chi connectivity index (χ3n) is 2.61. The maximum atomic E-state index is 5.74. The van der Waals surface area contributed by atoms with Gasteiger partial charge in [-0.25, -0.2) is 0 Å². The minimum absolute atomic E-state index is 0.583. The standard InChI is InChI=1S/C13H8N3O.Zn/c14-16-10-6-2-1-5-9(10)13-15-11-7-3-4-8-12(11)17-13;/h1-8H;/q-1;+1. The molecule has 0 fully saturated rings. The molecule has 0 atom stereocenters. The van der Waals surface area contributed by atoms with E-state index in [1.807, 2.05) is 48.5 Å². The molecule has 0 N–H and O–H groups in total. The Morgan fingerprint density at radius 2 is 1.78 bits per heavy atom. The molecule has 0 unspecified atom stereocenters. The van der Waals surface area contributed by atoms with Crippen LogP contribution in [0.4, 0.5) is 5.69 Å². The summed E-state index contributed by atoms with van der Waals surface area (Å²) < 4.78 is 9.67. The molecule has 0 bridgehead atoms. The first-order valence-electron chi connectivity index (χ1n) is 5.50. The van der Waals surface area contributed by atoms with E-state index in [1.165, 1.54) is 0 Å². The van der Waals surface area contributed by atoms with Crippen LogP contribution in [0.2, 0.25) is 0 Å². The third kappa shape index (κ3) is 1.97. The Kier molecular flexibility index (Phi) is 2.99. The van der Waals surface area contributed by atoms with Crippen molar-refractivity contribution >= 4 is 16.8 Å². The Balaban J connectivity index is 2.19. The number of hydrogen-bond donors (Lipinski definition) is 0. The molecule has 0 spiro atoms. The fraction of sp³-hybridized carbons (Fsp3) is 0. The molecule has 4 nitrogen and oxygen atoms in total. The zero-order valence-corrected chi connectivity index (χ0v) is 12.5. The van der Waals surface area contributed by atoms with Gasteiger partial charge in [0.15, 0.2) is 0 Å². The fourth-order valence-electron chi connectivity index (χ4n) is 1.81. The van der Waals surface area contributed by atoms with Gasteiger partial charge in [-0.15, -0.1) is 0 Å². The monoisotopic (exact) mass is 286 g/mol. The number of oxazole rings is 1. The normalized spacial score (nSPS) is 11.4. The maximum absolute atomic E-state index is 5.74. The van der Waals surface area contributed by atoms with Gasteiger partial charge in [-0.2, -0.15) is 0 Å². The van der Waals surface area contributed by atoms with Crippen LogP contribution in [0.15, 0.2) is 61.9 Å². The molecular formula is C13H8N3OZn. The van der Waals surface area contributed by atoms with Crippen molar-refractivity contribution in [1.82, 2.24) is 4.98 Å². The van der Waals surface area contributed by atoms with Crippen molar-refractivity contribution in [2.75, 3.05) is 0 Å². The van der Waals surface area contributed by atoms with Gasteiger partial charge in [0.25, 0.3) is 0 Å². The van der Waals surface area contributed by atoms with E-state index in [0.29, 0.717) is 5.89 Å². The molecule has 3 rings (SSSR count). The number of rotatable bonds is 2. The van der Waals surface area contributed by atoms with E-state index in [0.717, 1.165) is 40.9 Å². The van der Waals surface area contributed by atoms with Crippen LogP contribution >= 0.6 is 0 Å². The molecule has 0 aliphatic heterocycles. The second kappa shape index (κ2) is 4.79. The molecule has 18 heavy (non-hydrogen) atoms. The van der Waals surface area contributed by atoms with Crippen molar-refractivity contribution in [2.24, 2.45) is 8.97 Å². The second-order valence-electron chi connectivity index (χ2n) is 3.75. The van der Waals surface area contributed by atoms with Crippen molar-refractivity contribution in [3.05, 3.63) is 48.5 Å². The Labute approximate surface area is 114 Å². The Hall–Kier alpha value is -1.87. The Bertz CT molecular complexity index is 688. The SMILES string of the molecule is [Zn][N]=Nc1ccccc1-c1nc2ccccc2o1. The molecule has 0 radical (unpaired) electrons. The first-order valence-corrected chi connectivity index (χ1v) is 6.83. The number of nitrogens with zero attached hydrogens (tertiary/aromatic N) is 3. The average molecular weight is 288 g/mol. The van der Waals surface area contributed by atoms with Gasteiger partial charge in [-0.05, 0) is 0 Å². The van der Waals surface area contributed by atoms with Crippen LogP contribution in [0.25, 0.3) is 22.6 Å². The third-order valence-corrected chi connectivity index (χ3v) is 2.90. The molecule has 1 heterocycles. The van der Waals surface area contributed by atoms with Gasteiger partial charge in [0, 0.05) is 0 Å². The van der Waals surface area contributed by atoms with E-state index < -0.39 is 0 Å². The number of para-hydroxylation sites is 2. The summed E-state index contributed by atoms with van der Waals surface area (Å²) in [4.78, 5) is 4.47. The Morgan fingerprint density at radius 1 is 1.00 bits per heavy atom. The van der Waals surface area contributed by atoms with Crippen LogP contribution in [0.3, 0.4) is 0 Å². The van der Waals surface area contributed by atoms with Crippen LogP contribution < -0.4 is 0 Å². The summed E-state index contributed by atoms with van der Waals surface area (Å²) >= 11 is 0.780. The Morgan fingerprint density at radius 3 is 2.61 bits per heavy atom. The number of aromatic nitrogens is 1. The van der Waals surface area contributed by atoms with Crippen LogP contribution in [0.1, 0.15) is 0 Å². The molecule has 0 amide bonds. The van der Waals surface area contributed by atoms with Crippen molar-refractivity contribution in [2.45, 2.75) is 0 Å². The van der Waals surface area contributed by atoms with E-state index in [1.54, 1.807) is 0 Å². The quantitative estimate of drug-likeness (QED) is 0.527. The summed E-state index contributed by atoms with van der Waals surface area (Å²) in [5.74, 6) is 0.583. The van der Waals surface area contributed by atoms with Crippen molar-refractivity contribution in [3.63, 3.8) is 0 Å². The molecule has 1 aromatic heterocycles. The average Bonchev–Trinajstić information content (AvgIpc) is 2.83. The number of fused-ring (bicyclic) bond motifs is 1. The molecule has 2 aromatic carbocycles. The fourth-order valence-corrected chi connectivity index (χ4v) is 2.12. The van der Waals surface area contributed by atoms with E-state index >= 15 is 0 Å². The van der Waals surface area contributed by atoms with E-state index in [4.69, 9.17) is 4.42 Å². The molecule has 83 valence electrons. The first-order chi connectivity index (χ1) is 8.88. The zero-order chi connectivity index (χ0) is 12.4. The predicted molar refractivity (Wildman–Crippen MR) is 64.0 cm³/mol. The summed E-state index contributed by atoms with van der Waals surface area (Å²) in [7, 11) is 0. The van der Waals surface area contributed by atoms with Crippen LogP contribution in [0, 0.1) is 0 Å². The molecular weight excluding hydrogens is 280 g/mol. The summed E-state index contributed by atoms with van der Waals surface area (Å²) in [6.45, 7) is 0. The molecule has 5 heteroatoms. The predicted octanol–water partition coefficient (Wildman–Crippen LogP) is 4.04. The van der Waals surface area contributed by atoms with Crippen LogP contribution in [-0.4, -0.2) is 4.98 Å². The van der Waals surface area contributed by atoms with Crippen LogP contribution in [0.5, 0.6) is 0 Å². The summed E-state index contributed by atoms with van der Waals surface area (Å²) in [5, 5.41) is 4.13. The second-order valence-corrected chi connectivity index (χ2v) is 4.34. The van der Waals surface area contributed by atoms with Gasteiger partial charge < -0.3 is 0 Å². The zero-order valence-electron chi connectivity index (χ0n) is 9.58. The minimum atomic E-state index is 0.583. The van der Waals surface area contributed by atoms with Crippen molar-refractivity contribution < 1.29 is 23.0 Å². The summed E-state index contributed by atoms with van der Waals surface area (Å²) in [5.41, 5.74) is 3.29. The van der Waals surface area contributed by atoms with E-state index in [2.05, 4.69) is 14.0 Å².